The molecule has 1 fully saturated rings. The first-order chi connectivity index (χ1) is 17.7. The van der Waals surface area contributed by atoms with Crippen LogP contribution < -0.4 is 4.74 Å². The van der Waals surface area contributed by atoms with Crippen LogP contribution in [0, 0.1) is 0 Å². The summed E-state index contributed by atoms with van der Waals surface area (Å²) in [5, 5.41) is 0.152. The second-order valence-electron chi connectivity index (χ2n) is 9.88. The predicted octanol–water partition coefficient (Wildman–Crippen LogP) is 4.56. The molecule has 2 aromatic rings. The third kappa shape index (κ3) is 8.17. The minimum Gasteiger partial charge on any atom is -0.444 e. The SMILES string of the molecule is CC(C)(C)OC(=O)N1C[C@H](N(OCc2ccccc2)C(=O)Cl)CC[C@H]1C(=O)Oc1ccc(S(C)(=O)=O)cc1. The second-order valence-corrected chi connectivity index (χ2v) is 12.2. The second kappa shape index (κ2) is 12.1. The number of esters is 1. The molecule has 2 amide bonds. The van der Waals surface area contributed by atoms with Crippen LogP contribution in [0.25, 0.3) is 0 Å². The molecule has 0 aromatic heterocycles. The molecule has 0 spiro atoms. The summed E-state index contributed by atoms with van der Waals surface area (Å²) in [5.74, 6) is -0.604. The molecule has 2 atom stereocenters. The van der Waals surface area contributed by atoms with Crippen LogP contribution in [-0.2, 0) is 30.8 Å². The summed E-state index contributed by atoms with van der Waals surface area (Å²) in [7, 11) is -3.41. The van der Waals surface area contributed by atoms with Crippen LogP contribution in [0.1, 0.15) is 39.2 Å². The van der Waals surface area contributed by atoms with Gasteiger partial charge in [-0.25, -0.2) is 23.1 Å². The van der Waals surface area contributed by atoms with Gasteiger partial charge >= 0.3 is 17.4 Å². The minimum atomic E-state index is -3.41. The highest BCUT2D eigenvalue weighted by Gasteiger charge is 2.42. The highest BCUT2D eigenvalue weighted by atomic mass is 35.5. The van der Waals surface area contributed by atoms with Gasteiger partial charge in [0.1, 0.15) is 24.0 Å². The number of hydrogen-bond donors (Lipinski definition) is 0. The van der Waals surface area contributed by atoms with E-state index >= 15 is 0 Å². The number of halogens is 1. The Kier molecular flexibility index (Phi) is 9.40. The predicted molar refractivity (Wildman–Crippen MR) is 139 cm³/mol. The van der Waals surface area contributed by atoms with Crippen LogP contribution in [-0.4, -0.2) is 66.3 Å². The van der Waals surface area contributed by atoms with Gasteiger partial charge in [-0.2, -0.15) is 0 Å². The fraction of sp³-hybridized carbons (Fsp3) is 0.423. The number of piperidine rings is 1. The van der Waals surface area contributed by atoms with Gasteiger partial charge in [-0.3, -0.25) is 14.5 Å². The van der Waals surface area contributed by atoms with Crippen molar-refractivity contribution in [3.63, 3.8) is 0 Å². The molecule has 12 heteroatoms. The number of hydroxylamine groups is 2. The van der Waals surface area contributed by atoms with Crippen molar-refractivity contribution in [2.24, 2.45) is 0 Å². The molecule has 1 aliphatic heterocycles. The number of nitrogens with zero attached hydrogens (tertiary/aromatic N) is 2. The lowest BCUT2D eigenvalue weighted by molar-refractivity contribution is -0.165. The Hall–Kier alpha value is -3.15. The Morgan fingerprint density at radius 2 is 1.66 bits per heavy atom. The van der Waals surface area contributed by atoms with Crippen molar-refractivity contribution >= 4 is 38.9 Å². The molecule has 0 radical (unpaired) electrons. The molecule has 0 unspecified atom stereocenters. The number of hydrogen-bond acceptors (Lipinski definition) is 8. The number of likely N-dealkylation sites (tertiary alicyclic amines) is 1. The van der Waals surface area contributed by atoms with Crippen LogP contribution in [0.3, 0.4) is 0 Å². The maximum Gasteiger partial charge on any atom is 0.411 e. The summed E-state index contributed by atoms with van der Waals surface area (Å²) in [5.41, 5.74) is -0.0234. The number of carbonyl (C=O) groups excluding carboxylic acids is 3. The summed E-state index contributed by atoms with van der Waals surface area (Å²) in [4.78, 5) is 45.4. The normalized spacial score (nSPS) is 18.0. The maximum atomic E-state index is 13.1. The average molecular weight is 567 g/mol. The van der Waals surface area contributed by atoms with E-state index in [9.17, 15) is 22.8 Å². The van der Waals surface area contributed by atoms with Crippen LogP contribution in [0.2, 0.25) is 0 Å². The van der Waals surface area contributed by atoms with Gasteiger partial charge in [0.25, 0.3) is 0 Å². The smallest absolute Gasteiger partial charge is 0.411 e. The first-order valence-electron chi connectivity index (χ1n) is 11.9. The van der Waals surface area contributed by atoms with Crippen molar-refractivity contribution in [1.82, 2.24) is 9.96 Å². The van der Waals surface area contributed by atoms with E-state index in [0.29, 0.717) is 6.42 Å². The number of ether oxygens (including phenoxy) is 2. The van der Waals surface area contributed by atoms with Gasteiger partial charge in [-0.15, -0.1) is 0 Å². The Labute approximate surface area is 227 Å². The highest BCUT2D eigenvalue weighted by Crippen LogP contribution is 2.27. The molecule has 10 nitrogen and oxygen atoms in total. The molecule has 206 valence electrons. The van der Waals surface area contributed by atoms with Crippen LogP contribution in [0.5, 0.6) is 5.75 Å². The van der Waals surface area contributed by atoms with E-state index in [-0.39, 0.29) is 30.2 Å². The molecule has 0 aliphatic carbocycles. The average Bonchev–Trinajstić information content (AvgIpc) is 2.83. The van der Waals surface area contributed by atoms with Gasteiger partial charge in [0.15, 0.2) is 9.84 Å². The van der Waals surface area contributed by atoms with Crippen LogP contribution in [0.4, 0.5) is 9.59 Å². The maximum absolute atomic E-state index is 13.1. The lowest BCUT2D eigenvalue weighted by atomic mass is 9.98. The van der Waals surface area contributed by atoms with Crippen molar-refractivity contribution in [2.45, 2.75) is 62.8 Å². The third-order valence-corrected chi connectivity index (χ3v) is 6.94. The standard InChI is InChI=1S/C26H31ClN2O8S/c1-26(2,3)37-25(32)28-16-19(29(24(27)31)35-17-18-8-6-5-7-9-18)10-15-22(28)23(30)36-20-11-13-21(14-12-20)38(4,33)34/h5-9,11-14,19,22H,10,15-17H2,1-4H3/t19-,22+/m1/s1. The van der Waals surface area contributed by atoms with Crippen LogP contribution in [0.15, 0.2) is 59.5 Å². The summed E-state index contributed by atoms with van der Waals surface area (Å²) in [6.45, 7) is 5.08. The minimum absolute atomic E-state index is 0.0783. The first kappa shape index (κ1) is 29.4. The van der Waals surface area contributed by atoms with Gasteiger partial charge in [-0.05, 0) is 75.0 Å². The van der Waals surface area contributed by atoms with Crippen molar-refractivity contribution in [1.29, 1.82) is 0 Å². The monoisotopic (exact) mass is 566 g/mol. The number of carbonyl (C=O) groups is 3. The summed E-state index contributed by atoms with van der Waals surface area (Å²) in [6, 6.07) is 12.9. The van der Waals surface area contributed by atoms with E-state index in [0.717, 1.165) is 16.9 Å². The van der Waals surface area contributed by atoms with E-state index in [1.54, 1.807) is 20.8 Å². The summed E-state index contributed by atoms with van der Waals surface area (Å²) < 4.78 is 34.4. The lowest BCUT2D eigenvalue weighted by Crippen LogP contribution is -2.58. The molecule has 3 rings (SSSR count). The number of sulfone groups is 1. The molecule has 2 aromatic carbocycles. The molecule has 0 N–H and O–H groups in total. The topological polar surface area (TPSA) is 120 Å². The molecule has 38 heavy (non-hydrogen) atoms. The fourth-order valence-electron chi connectivity index (χ4n) is 3.87. The molecule has 0 saturated carbocycles. The molecule has 0 bridgehead atoms. The van der Waals surface area contributed by atoms with E-state index in [1.165, 1.54) is 29.2 Å². The Morgan fingerprint density at radius 3 is 2.21 bits per heavy atom. The Morgan fingerprint density at radius 1 is 1.03 bits per heavy atom. The van der Waals surface area contributed by atoms with Crippen molar-refractivity contribution in [2.75, 3.05) is 12.8 Å². The van der Waals surface area contributed by atoms with Crippen molar-refractivity contribution in [3.05, 3.63) is 60.2 Å². The quantitative estimate of drug-likeness (QED) is 0.157. The zero-order chi connectivity index (χ0) is 28.1. The zero-order valence-corrected chi connectivity index (χ0v) is 23.2. The molecular weight excluding hydrogens is 536 g/mol. The molecule has 1 heterocycles. The van der Waals surface area contributed by atoms with Gasteiger partial charge in [-0.1, -0.05) is 30.3 Å². The molecule has 1 aliphatic rings. The van der Waals surface area contributed by atoms with E-state index < -0.39 is 45.0 Å². The van der Waals surface area contributed by atoms with Crippen molar-refractivity contribution < 1.29 is 37.1 Å². The number of amides is 2. The molecular formula is C26H31ClN2O8S. The summed E-state index contributed by atoms with van der Waals surface area (Å²) in [6.07, 6.45) is 0.740. The summed E-state index contributed by atoms with van der Waals surface area (Å²) >= 11 is 5.82. The van der Waals surface area contributed by atoms with Crippen LogP contribution >= 0.6 is 11.6 Å². The van der Waals surface area contributed by atoms with Crippen molar-refractivity contribution in [3.8, 4) is 5.75 Å². The first-order valence-corrected chi connectivity index (χ1v) is 14.2. The van der Waals surface area contributed by atoms with Gasteiger partial charge < -0.3 is 9.47 Å². The Bertz CT molecular complexity index is 1250. The zero-order valence-electron chi connectivity index (χ0n) is 21.6. The number of benzene rings is 2. The number of rotatable bonds is 7. The van der Waals surface area contributed by atoms with Gasteiger partial charge in [0.05, 0.1) is 10.9 Å². The van der Waals surface area contributed by atoms with E-state index in [1.807, 2.05) is 30.3 Å². The van der Waals surface area contributed by atoms with E-state index in [2.05, 4.69) is 0 Å². The highest BCUT2D eigenvalue weighted by molar-refractivity contribution is 7.90. The van der Waals surface area contributed by atoms with E-state index in [4.69, 9.17) is 25.9 Å². The Balaban J connectivity index is 1.78. The fourth-order valence-corrected chi connectivity index (χ4v) is 4.68. The largest absolute Gasteiger partial charge is 0.444 e. The molecule has 1 saturated heterocycles. The lowest BCUT2D eigenvalue weighted by Gasteiger charge is -2.41. The van der Waals surface area contributed by atoms with Gasteiger partial charge in [0.2, 0.25) is 0 Å². The third-order valence-electron chi connectivity index (χ3n) is 5.65. The van der Waals surface area contributed by atoms with Gasteiger partial charge in [0, 0.05) is 12.8 Å².